The molecule has 3 nitrogen and oxygen atoms in total. The number of hydrogen-bond donors (Lipinski definition) is 3. The quantitative estimate of drug-likeness (QED) is 0.581. The fourth-order valence-corrected chi connectivity index (χ4v) is 3.18. The van der Waals surface area contributed by atoms with Crippen molar-refractivity contribution in [3.8, 4) is 0 Å². The van der Waals surface area contributed by atoms with Gasteiger partial charge in [0.2, 0.25) is 0 Å². The SMILES string of the molecule is C=C[Si](C)(C)CCC[Si](O)(O)O. The Balaban J connectivity index is 3.64. The third kappa shape index (κ3) is 6.74. The van der Waals surface area contributed by atoms with Gasteiger partial charge in [0.1, 0.15) is 0 Å². The van der Waals surface area contributed by atoms with Gasteiger partial charge in [-0.1, -0.05) is 25.6 Å². The molecule has 0 heterocycles. The van der Waals surface area contributed by atoms with Crippen LogP contribution in [0.4, 0.5) is 0 Å². The van der Waals surface area contributed by atoms with Gasteiger partial charge in [0.15, 0.2) is 0 Å². The predicted octanol–water partition coefficient (Wildman–Crippen LogP) is 0.726. The van der Waals surface area contributed by atoms with Crippen molar-refractivity contribution < 1.29 is 14.4 Å². The first-order chi connectivity index (χ1) is 5.27. The van der Waals surface area contributed by atoms with Gasteiger partial charge in [-0.3, -0.25) is 0 Å². The minimum Gasteiger partial charge on any atom is -0.390 e. The van der Waals surface area contributed by atoms with Crippen molar-refractivity contribution >= 4 is 16.9 Å². The summed E-state index contributed by atoms with van der Waals surface area (Å²) in [7, 11) is -5.11. The zero-order valence-corrected chi connectivity index (χ0v) is 9.75. The first-order valence-electron chi connectivity index (χ1n) is 4.07. The van der Waals surface area contributed by atoms with Crippen LogP contribution >= 0.6 is 0 Å². The lowest BCUT2D eigenvalue weighted by Gasteiger charge is -2.17. The molecule has 0 fully saturated rings. The van der Waals surface area contributed by atoms with Gasteiger partial charge >= 0.3 is 8.80 Å². The lowest BCUT2D eigenvalue weighted by Crippen LogP contribution is -2.35. The van der Waals surface area contributed by atoms with Crippen LogP contribution in [0.15, 0.2) is 12.3 Å². The molecule has 0 spiro atoms. The van der Waals surface area contributed by atoms with E-state index in [1.165, 1.54) is 0 Å². The van der Waals surface area contributed by atoms with Crippen LogP contribution in [0.1, 0.15) is 6.42 Å². The van der Waals surface area contributed by atoms with Crippen LogP contribution in [0.3, 0.4) is 0 Å². The topological polar surface area (TPSA) is 60.7 Å². The molecule has 0 bridgehead atoms. The van der Waals surface area contributed by atoms with E-state index in [2.05, 4.69) is 19.7 Å². The summed E-state index contributed by atoms with van der Waals surface area (Å²) in [4.78, 5) is 26.2. The van der Waals surface area contributed by atoms with E-state index in [9.17, 15) is 0 Å². The van der Waals surface area contributed by atoms with Crippen molar-refractivity contribution in [3.63, 3.8) is 0 Å². The molecule has 3 N–H and O–H groups in total. The van der Waals surface area contributed by atoms with Crippen LogP contribution in [0, 0.1) is 0 Å². The van der Waals surface area contributed by atoms with Gasteiger partial charge < -0.3 is 14.4 Å². The van der Waals surface area contributed by atoms with Gasteiger partial charge in [0.05, 0.1) is 8.07 Å². The molecule has 0 amide bonds. The highest BCUT2D eigenvalue weighted by Crippen LogP contribution is 2.16. The van der Waals surface area contributed by atoms with Crippen LogP contribution < -0.4 is 0 Å². The minimum atomic E-state index is -3.78. The third-order valence-corrected chi connectivity index (χ3v) is 5.66. The smallest absolute Gasteiger partial charge is 0.390 e. The summed E-state index contributed by atoms with van der Waals surface area (Å²) in [5.74, 6) is 0. The van der Waals surface area contributed by atoms with E-state index in [0.29, 0.717) is 6.42 Å². The number of hydrogen-bond acceptors (Lipinski definition) is 3. The highest BCUT2D eigenvalue weighted by Gasteiger charge is 2.27. The summed E-state index contributed by atoms with van der Waals surface area (Å²) in [5, 5.41) is 0. The summed E-state index contributed by atoms with van der Waals surface area (Å²) in [6, 6.07) is 1.10. The maximum atomic E-state index is 8.73. The molecule has 0 unspecified atom stereocenters. The third-order valence-electron chi connectivity index (χ3n) is 1.89. The predicted molar refractivity (Wildman–Crippen MR) is 54.3 cm³/mol. The van der Waals surface area contributed by atoms with Crippen molar-refractivity contribution in [2.24, 2.45) is 0 Å². The molecule has 0 aromatic carbocycles. The summed E-state index contributed by atoms with van der Waals surface area (Å²) in [5.41, 5.74) is 1.97. The Hall–Kier alpha value is 0.0538. The van der Waals surface area contributed by atoms with E-state index in [1.807, 2.05) is 5.70 Å². The van der Waals surface area contributed by atoms with Crippen LogP contribution in [0.2, 0.25) is 25.2 Å². The molecule has 12 heavy (non-hydrogen) atoms. The average Bonchev–Trinajstić information content (AvgIpc) is 1.84. The van der Waals surface area contributed by atoms with Crippen molar-refractivity contribution in [1.82, 2.24) is 0 Å². The monoisotopic (exact) mass is 206 g/mol. The van der Waals surface area contributed by atoms with E-state index in [4.69, 9.17) is 14.4 Å². The van der Waals surface area contributed by atoms with Crippen LogP contribution in [-0.2, 0) is 0 Å². The first-order valence-corrected chi connectivity index (χ1v) is 9.41. The van der Waals surface area contributed by atoms with Gasteiger partial charge in [-0.15, -0.1) is 12.3 Å². The van der Waals surface area contributed by atoms with Gasteiger partial charge in [-0.2, -0.15) is 0 Å². The maximum absolute atomic E-state index is 8.73. The molecule has 0 aliphatic carbocycles. The molecule has 0 saturated heterocycles. The largest absolute Gasteiger partial charge is 0.492 e. The van der Waals surface area contributed by atoms with E-state index in [1.54, 1.807) is 0 Å². The number of rotatable bonds is 5. The van der Waals surface area contributed by atoms with Gasteiger partial charge in [-0.25, -0.2) is 0 Å². The lowest BCUT2D eigenvalue weighted by atomic mass is 10.6. The fraction of sp³-hybridized carbons (Fsp3) is 0.714. The zero-order chi connectivity index (χ0) is 9.83. The highest BCUT2D eigenvalue weighted by molar-refractivity contribution is 6.82. The van der Waals surface area contributed by atoms with Crippen LogP contribution in [-0.4, -0.2) is 31.3 Å². The van der Waals surface area contributed by atoms with E-state index >= 15 is 0 Å². The maximum Gasteiger partial charge on any atom is 0.492 e. The Morgan fingerprint density at radius 1 is 1.17 bits per heavy atom. The molecule has 0 saturated carbocycles. The van der Waals surface area contributed by atoms with Crippen LogP contribution in [0.5, 0.6) is 0 Å². The van der Waals surface area contributed by atoms with Gasteiger partial charge in [-0.05, 0) is 0 Å². The van der Waals surface area contributed by atoms with Crippen LogP contribution in [0.25, 0.3) is 0 Å². The fourth-order valence-electron chi connectivity index (χ4n) is 0.883. The van der Waals surface area contributed by atoms with E-state index < -0.39 is 16.9 Å². The Bertz CT molecular complexity index is 151. The average molecular weight is 206 g/mol. The molecule has 72 valence electrons. The van der Waals surface area contributed by atoms with E-state index in [0.717, 1.165) is 6.04 Å². The van der Waals surface area contributed by atoms with Crippen molar-refractivity contribution in [1.29, 1.82) is 0 Å². The first kappa shape index (κ1) is 12.1. The second-order valence-electron chi connectivity index (χ2n) is 3.82. The standard InChI is InChI=1S/C7H18O3Si2/c1-4-11(2,3)6-5-7-12(8,9)10/h4,8-10H,1,5-7H2,2-3H3. The van der Waals surface area contributed by atoms with Crippen molar-refractivity contribution in [3.05, 3.63) is 12.3 Å². The second kappa shape index (κ2) is 4.34. The zero-order valence-electron chi connectivity index (χ0n) is 7.75. The molecular weight excluding hydrogens is 188 g/mol. The molecular formula is C7H18O3Si2. The Morgan fingerprint density at radius 2 is 1.67 bits per heavy atom. The molecule has 0 aromatic heterocycles. The molecule has 0 rings (SSSR count). The molecule has 0 radical (unpaired) electrons. The minimum absolute atomic E-state index is 0.150. The van der Waals surface area contributed by atoms with Crippen molar-refractivity contribution in [2.45, 2.75) is 31.6 Å². The summed E-state index contributed by atoms with van der Waals surface area (Å²) >= 11 is 0. The molecule has 0 atom stereocenters. The summed E-state index contributed by atoms with van der Waals surface area (Å²) in [6.07, 6.45) is 0.682. The Kier molecular flexibility index (Phi) is 4.35. The highest BCUT2D eigenvalue weighted by atomic mass is 28.4. The normalized spacial score (nSPS) is 13.1. The molecule has 0 aliphatic heterocycles. The van der Waals surface area contributed by atoms with Crippen molar-refractivity contribution in [2.75, 3.05) is 0 Å². The lowest BCUT2D eigenvalue weighted by molar-refractivity contribution is 0.227. The second-order valence-corrected chi connectivity index (χ2v) is 10.8. The molecule has 0 aliphatic rings. The summed E-state index contributed by atoms with van der Waals surface area (Å²) in [6.45, 7) is 8.06. The van der Waals surface area contributed by atoms with Gasteiger partial charge in [0.25, 0.3) is 0 Å². The van der Waals surface area contributed by atoms with Gasteiger partial charge in [0, 0.05) is 6.04 Å². The Labute approximate surface area is 75.8 Å². The van der Waals surface area contributed by atoms with E-state index in [-0.39, 0.29) is 6.04 Å². The Morgan fingerprint density at radius 3 is 2.00 bits per heavy atom. The summed E-state index contributed by atoms with van der Waals surface area (Å²) < 4.78 is 0. The molecule has 5 heteroatoms. The molecule has 0 aromatic rings.